The van der Waals surface area contributed by atoms with Crippen molar-refractivity contribution in [3.05, 3.63) is 48.4 Å². The molecule has 1 amide bonds. The van der Waals surface area contributed by atoms with Crippen LogP contribution in [-0.4, -0.2) is 52.1 Å². The lowest BCUT2D eigenvalue weighted by Gasteiger charge is -2.66. The van der Waals surface area contributed by atoms with Crippen LogP contribution in [0.25, 0.3) is 11.1 Å². The SMILES string of the molecule is CC(C)(C)c1nc(C23CCC(CN(C(=O)CC45CC(F)(C4)C5)c4cccc(-c5cnn(S(C)(=O)=O)c5)c4)(CC2)CC3)no1. The molecule has 0 radical (unpaired) electrons. The van der Waals surface area contributed by atoms with Gasteiger partial charge in [0.2, 0.25) is 11.8 Å². The molecule has 3 aromatic rings. The van der Waals surface area contributed by atoms with Crippen LogP contribution < -0.4 is 4.90 Å². The minimum atomic E-state index is -3.51. The van der Waals surface area contributed by atoms with E-state index in [-0.39, 0.29) is 27.6 Å². The molecule has 6 aliphatic carbocycles. The lowest BCUT2D eigenvalue weighted by Crippen LogP contribution is -2.65. The van der Waals surface area contributed by atoms with Crippen LogP contribution in [0.5, 0.6) is 0 Å². The Hall–Kier alpha value is -3.08. The molecule has 9 rings (SSSR count). The number of rotatable bonds is 8. The first-order chi connectivity index (χ1) is 20.1. The molecule has 0 atom stereocenters. The standard InChI is InChI=1S/C32H40FN5O4S/c1-28(2,3)27-35-26(36-42-27)31-11-8-29(9-12-31,10-13-31)21-37(25(39)15-30-18-32(33,19-30)20-30)24-7-5-6-22(14-24)23-16-34-38(17-23)43(4,40)41/h5-7,14,16-17H,8-13,15,18-21H2,1-4H3. The van der Waals surface area contributed by atoms with E-state index in [1.165, 1.54) is 12.4 Å². The van der Waals surface area contributed by atoms with Crippen molar-refractivity contribution in [3.8, 4) is 11.1 Å². The highest BCUT2D eigenvalue weighted by Gasteiger charge is 2.69. The molecule has 230 valence electrons. The van der Waals surface area contributed by atoms with E-state index >= 15 is 0 Å². The second-order valence-electron chi connectivity index (χ2n) is 15.2. The van der Waals surface area contributed by atoms with Gasteiger partial charge in [0.25, 0.3) is 10.0 Å². The molecule has 0 unspecified atom stereocenters. The van der Waals surface area contributed by atoms with Gasteiger partial charge in [-0.3, -0.25) is 4.79 Å². The molecule has 6 fully saturated rings. The number of hydrogen-bond acceptors (Lipinski definition) is 7. The van der Waals surface area contributed by atoms with Crippen molar-refractivity contribution in [3.63, 3.8) is 0 Å². The van der Waals surface area contributed by atoms with E-state index in [9.17, 15) is 17.6 Å². The van der Waals surface area contributed by atoms with Gasteiger partial charge in [-0.25, -0.2) is 12.8 Å². The highest BCUT2D eigenvalue weighted by atomic mass is 32.2. The summed E-state index contributed by atoms with van der Waals surface area (Å²) in [5.74, 6) is 1.53. The maximum absolute atomic E-state index is 14.4. The van der Waals surface area contributed by atoms with Crippen LogP contribution in [0.4, 0.5) is 10.1 Å². The number of anilines is 1. The number of aromatic nitrogens is 4. The summed E-state index contributed by atoms with van der Waals surface area (Å²) in [7, 11) is -3.51. The fourth-order valence-electron chi connectivity index (χ4n) is 8.19. The predicted octanol–water partition coefficient (Wildman–Crippen LogP) is 5.95. The Labute approximate surface area is 252 Å². The van der Waals surface area contributed by atoms with Crippen LogP contribution in [0.15, 0.2) is 41.2 Å². The molecule has 9 nitrogen and oxygen atoms in total. The molecule has 4 bridgehead atoms. The van der Waals surface area contributed by atoms with Gasteiger partial charge < -0.3 is 9.42 Å². The molecule has 6 aliphatic rings. The van der Waals surface area contributed by atoms with E-state index in [1.807, 2.05) is 29.2 Å². The van der Waals surface area contributed by atoms with Crippen LogP contribution in [-0.2, 0) is 25.6 Å². The Morgan fingerprint density at radius 2 is 1.72 bits per heavy atom. The van der Waals surface area contributed by atoms with E-state index in [0.29, 0.717) is 43.7 Å². The molecule has 2 aromatic heterocycles. The van der Waals surface area contributed by atoms with Crippen molar-refractivity contribution in [2.75, 3.05) is 17.7 Å². The minimum Gasteiger partial charge on any atom is -0.339 e. The molecule has 0 saturated heterocycles. The number of carbonyl (C=O) groups excluding carboxylic acids is 1. The van der Waals surface area contributed by atoms with Crippen LogP contribution in [0, 0.1) is 10.8 Å². The summed E-state index contributed by atoms with van der Waals surface area (Å²) in [5, 5.41) is 8.45. The molecule has 11 heteroatoms. The number of fused-ring (bicyclic) bond motifs is 3. The number of amides is 1. The molecule has 43 heavy (non-hydrogen) atoms. The zero-order valence-corrected chi connectivity index (χ0v) is 26.2. The summed E-state index contributed by atoms with van der Waals surface area (Å²) in [6.45, 7) is 6.83. The van der Waals surface area contributed by atoms with Crippen LogP contribution in [0.2, 0.25) is 0 Å². The van der Waals surface area contributed by atoms with Gasteiger partial charge in [-0.15, -0.1) is 0 Å². The highest BCUT2D eigenvalue weighted by molar-refractivity contribution is 7.89. The average Bonchev–Trinajstić information content (AvgIpc) is 3.63. The quantitative estimate of drug-likeness (QED) is 0.311. The largest absolute Gasteiger partial charge is 0.339 e. The third-order valence-electron chi connectivity index (χ3n) is 10.7. The fourth-order valence-corrected chi connectivity index (χ4v) is 8.71. The normalized spacial score (nSPS) is 31.4. The van der Waals surface area contributed by atoms with Crippen molar-refractivity contribution in [2.45, 2.75) is 101 Å². The first kappa shape index (κ1) is 28.7. The average molecular weight is 610 g/mol. The number of halogens is 1. The van der Waals surface area contributed by atoms with Gasteiger partial charge in [0.15, 0.2) is 5.82 Å². The van der Waals surface area contributed by atoms with E-state index in [2.05, 4.69) is 31.0 Å². The zero-order chi connectivity index (χ0) is 30.5. The Morgan fingerprint density at radius 3 is 2.28 bits per heavy atom. The van der Waals surface area contributed by atoms with E-state index in [4.69, 9.17) is 9.51 Å². The predicted molar refractivity (Wildman–Crippen MR) is 160 cm³/mol. The topological polar surface area (TPSA) is 111 Å². The van der Waals surface area contributed by atoms with Crippen molar-refractivity contribution in [1.82, 2.24) is 19.3 Å². The molecule has 0 N–H and O–H groups in total. The van der Waals surface area contributed by atoms with Crippen LogP contribution >= 0.6 is 0 Å². The Bertz CT molecular complexity index is 1660. The first-order valence-electron chi connectivity index (χ1n) is 15.3. The summed E-state index contributed by atoms with van der Waals surface area (Å²) in [6, 6.07) is 7.68. The van der Waals surface area contributed by atoms with Gasteiger partial charge in [0, 0.05) is 35.0 Å². The second-order valence-corrected chi connectivity index (χ2v) is 17.0. The number of nitrogens with zero attached hydrogens (tertiary/aromatic N) is 5. The second kappa shape index (κ2) is 9.22. The van der Waals surface area contributed by atoms with E-state index in [1.54, 1.807) is 0 Å². The third kappa shape index (κ3) is 4.91. The molecule has 6 saturated carbocycles. The maximum Gasteiger partial charge on any atom is 0.250 e. The number of carbonyl (C=O) groups is 1. The van der Waals surface area contributed by atoms with Crippen LogP contribution in [0.3, 0.4) is 0 Å². The van der Waals surface area contributed by atoms with E-state index < -0.39 is 15.7 Å². The minimum absolute atomic E-state index is 0.0219. The lowest BCUT2D eigenvalue weighted by atomic mass is 9.41. The van der Waals surface area contributed by atoms with Gasteiger partial charge in [0.1, 0.15) is 5.67 Å². The summed E-state index contributed by atoms with van der Waals surface area (Å²) >= 11 is 0. The summed E-state index contributed by atoms with van der Waals surface area (Å²) < 4.78 is 45.0. The van der Waals surface area contributed by atoms with Crippen LogP contribution in [0.1, 0.15) is 96.7 Å². The first-order valence-corrected chi connectivity index (χ1v) is 17.2. The Morgan fingerprint density at radius 1 is 1.05 bits per heavy atom. The Balaban J connectivity index is 1.15. The zero-order valence-electron chi connectivity index (χ0n) is 25.4. The summed E-state index contributed by atoms with van der Waals surface area (Å²) in [4.78, 5) is 20.8. The molecule has 0 spiro atoms. The van der Waals surface area contributed by atoms with Crippen molar-refractivity contribution < 1.29 is 22.1 Å². The van der Waals surface area contributed by atoms with Crippen molar-refractivity contribution in [2.24, 2.45) is 10.8 Å². The number of hydrogen-bond donors (Lipinski definition) is 0. The lowest BCUT2D eigenvalue weighted by molar-refractivity contribution is -0.215. The molecule has 1 aromatic carbocycles. The van der Waals surface area contributed by atoms with Gasteiger partial charge in [-0.1, -0.05) is 38.1 Å². The molecular weight excluding hydrogens is 569 g/mol. The Kier molecular flexibility index (Phi) is 6.15. The fraction of sp³-hybridized carbons (Fsp3) is 0.625. The van der Waals surface area contributed by atoms with Gasteiger partial charge in [0.05, 0.1) is 18.6 Å². The summed E-state index contributed by atoms with van der Waals surface area (Å²) in [5.41, 5.74) is 0.670. The van der Waals surface area contributed by atoms with Gasteiger partial charge in [-0.05, 0) is 86.3 Å². The van der Waals surface area contributed by atoms with Gasteiger partial charge in [-0.2, -0.15) is 14.2 Å². The third-order valence-corrected chi connectivity index (χ3v) is 11.6. The number of alkyl halides is 1. The number of benzene rings is 1. The smallest absolute Gasteiger partial charge is 0.250 e. The van der Waals surface area contributed by atoms with Crippen molar-refractivity contribution in [1.29, 1.82) is 0 Å². The maximum atomic E-state index is 14.4. The monoisotopic (exact) mass is 609 g/mol. The molecule has 0 aliphatic heterocycles. The highest BCUT2D eigenvalue weighted by Crippen LogP contribution is 2.71. The molecular formula is C32H40FN5O4S. The van der Waals surface area contributed by atoms with Crippen molar-refractivity contribution >= 4 is 21.6 Å². The molecule has 2 heterocycles. The van der Waals surface area contributed by atoms with E-state index in [0.717, 1.165) is 65.9 Å². The van der Waals surface area contributed by atoms with Gasteiger partial charge >= 0.3 is 0 Å². The summed E-state index contributed by atoms with van der Waals surface area (Å²) in [6.07, 6.45) is 11.7.